The van der Waals surface area contributed by atoms with Crippen LogP contribution in [0.2, 0.25) is 0 Å². The third-order valence-electron chi connectivity index (χ3n) is 3.12. The number of hydrogen-bond donors (Lipinski definition) is 1. The molecule has 0 aliphatic carbocycles. The lowest BCUT2D eigenvalue weighted by Crippen LogP contribution is -2.03. The van der Waals surface area contributed by atoms with Crippen LogP contribution in [0.15, 0.2) is 64.8 Å². The number of hydrogen-bond acceptors (Lipinski definition) is 5. The van der Waals surface area contributed by atoms with Crippen LogP contribution in [0.4, 0.5) is 29.0 Å². The summed E-state index contributed by atoms with van der Waals surface area (Å²) in [5.74, 6) is 0. The molecule has 1 heterocycles. The fourth-order valence-electron chi connectivity index (χ4n) is 2.00. The third-order valence-corrected chi connectivity index (χ3v) is 3.89. The van der Waals surface area contributed by atoms with Gasteiger partial charge in [0.05, 0.1) is 11.3 Å². The topological polar surface area (TPSA) is 63.6 Å². The summed E-state index contributed by atoms with van der Waals surface area (Å²) < 4.78 is 37.6. The highest BCUT2D eigenvalue weighted by molar-refractivity contribution is 7.19. The number of thiazole rings is 1. The average molecular weight is 348 g/mol. The number of nitrogen functional groups attached to an aromatic ring is 1. The molecule has 0 fully saturated rings. The summed E-state index contributed by atoms with van der Waals surface area (Å²) in [6.07, 6.45) is -4.37. The molecule has 1 aromatic heterocycles. The molecule has 2 N–H and O–H groups in total. The highest BCUT2D eigenvalue weighted by Gasteiger charge is 2.29. The van der Waals surface area contributed by atoms with E-state index in [0.717, 1.165) is 29.0 Å². The first kappa shape index (κ1) is 16.1. The first-order chi connectivity index (χ1) is 11.4. The third kappa shape index (κ3) is 3.60. The molecule has 0 radical (unpaired) electrons. The largest absolute Gasteiger partial charge is 0.416 e. The van der Waals surface area contributed by atoms with Crippen LogP contribution in [-0.2, 0) is 6.18 Å². The highest BCUT2D eigenvalue weighted by atomic mass is 32.1. The Kier molecular flexibility index (Phi) is 4.30. The summed E-state index contributed by atoms with van der Waals surface area (Å²) in [4.78, 5) is 4.23. The minimum Gasteiger partial charge on any atom is -0.375 e. The van der Waals surface area contributed by atoms with E-state index in [1.54, 1.807) is 0 Å². The summed E-state index contributed by atoms with van der Waals surface area (Å²) in [5.41, 5.74) is 6.75. The van der Waals surface area contributed by atoms with E-state index in [-0.39, 0.29) is 0 Å². The highest BCUT2D eigenvalue weighted by Crippen LogP contribution is 2.38. The second-order valence-corrected chi connectivity index (χ2v) is 5.83. The van der Waals surface area contributed by atoms with E-state index in [0.29, 0.717) is 21.5 Å². The van der Waals surface area contributed by atoms with Gasteiger partial charge in [-0.05, 0) is 24.3 Å². The van der Waals surface area contributed by atoms with E-state index in [2.05, 4.69) is 15.2 Å². The lowest BCUT2D eigenvalue weighted by atomic mass is 10.2. The minimum absolute atomic E-state index is 0.314. The number of nitrogens with two attached hydrogens (primary N) is 1. The Bertz CT molecular complexity index is 855. The average Bonchev–Trinajstić information content (AvgIpc) is 2.94. The van der Waals surface area contributed by atoms with Gasteiger partial charge in [-0.15, -0.1) is 10.2 Å². The Balaban J connectivity index is 1.88. The number of nitrogens with zero attached hydrogens (tertiary/aromatic N) is 3. The molecule has 8 heteroatoms. The number of halogens is 3. The van der Waals surface area contributed by atoms with Gasteiger partial charge in [-0.2, -0.15) is 13.2 Å². The summed E-state index contributed by atoms with van der Waals surface area (Å²) in [6.45, 7) is 0. The zero-order valence-electron chi connectivity index (χ0n) is 12.2. The van der Waals surface area contributed by atoms with Crippen molar-refractivity contribution in [2.45, 2.75) is 6.18 Å². The zero-order valence-corrected chi connectivity index (χ0v) is 13.0. The van der Waals surface area contributed by atoms with Crippen molar-refractivity contribution in [3.8, 4) is 11.3 Å². The molecule has 0 bridgehead atoms. The Morgan fingerprint density at radius 1 is 0.917 bits per heavy atom. The fraction of sp³-hybridized carbons (Fsp3) is 0.0625. The van der Waals surface area contributed by atoms with Gasteiger partial charge in [0.2, 0.25) is 0 Å². The van der Waals surface area contributed by atoms with E-state index in [1.807, 2.05) is 30.3 Å². The molecule has 4 nitrogen and oxygen atoms in total. The van der Waals surface area contributed by atoms with Crippen LogP contribution < -0.4 is 5.73 Å². The number of rotatable bonds is 3. The molecule has 0 aliphatic rings. The molecule has 3 aromatic rings. The van der Waals surface area contributed by atoms with E-state index in [1.165, 1.54) is 12.1 Å². The smallest absolute Gasteiger partial charge is 0.375 e. The number of benzene rings is 2. The van der Waals surface area contributed by atoms with Crippen molar-refractivity contribution in [1.29, 1.82) is 0 Å². The Labute approximate surface area is 139 Å². The molecule has 0 spiro atoms. The molecule has 0 aliphatic heterocycles. The summed E-state index contributed by atoms with van der Waals surface area (Å²) in [5, 5.41) is 8.90. The maximum atomic E-state index is 12.5. The predicted octanol–water partition coefficient (Wildman–Crippen LogP) is 5.83. The number of aromatic nitrogens is 1. The predicted molar refractivity (Wildman–Crippen MR) is 87.6 cm³/mol. The van der Waals surface area contributed by atoms with Crippen LogP contribution in [0.1, 0.15) is 5.56 Å². The summed E-state index contributed by atoms with van der Waals surface area (Å²) >= 11 is 1.16. The van der Waals surface area contributed by atoms with Crippen molar-refractivity contribution >= 4 is 27.2 Å². The van der Waals surface area contributed by atoms with E-state index in [4.69, 9.17) is 5.73 Å². The van der Waals surface area contributed by atoms with Gasteiger partial charge < -0.3 is 5.73 Å². The van der Waals surface area contributed by atoms with Gasteiger partial charge in [-0.25, -0.2) is 4.98 Å². The molecule has 2 aromatic carbocycles. The summed E-state index contributed by atoms with van der Waals surface area (Å²) in [6, 6.07) is 13.8. The van der Waals surface area contributed by atoms with E-state index >= 15 is 0 Å². The van der Waals surface area contributed by atoms with Crippen molar-refractivity contribution in [3.63, 3.8) is 0 Å². The first-order valence-corrected chi connectivity index (χ1v) is 7.66. The fourth-order valence-corrected chi connectivity index (χ4v) is 2.68. The molecule has 0 saturated heterocycles. The van der Waals surface area contributed by atoms with Crippen LogP contribution in [0.5, 0.6) is 0 Å². The Hall–Kier alpha value is -2.74. The molecule has 0 saturated carbocycles. The van der Waals surface area contributed by atoms with Crippen LogP contribution in [0.25, 0.3) is 11.3 Å². The van der Waals surface area contributed by atoms with Crippen molar-refractivity contribution in [2.24, 2.45) is 10.2 Å². The number of azo groups is 1. The lowest BCUT2D eigenvalue weighted by molar-refractivity contribution is -0.137. The van der Waals surface area contributed by atoms with Gasteiger partial charge in [0.15, 0.2) is 10.1 Å². The van der Waals surface area contributed by atoms with Crippen LogP contribution in [-0.4, -0.2) is 4.98 Å². The van der Waals surface area contributed by atoms with Gasteiger partial charge in [0, 0.05) is 5.56 Å². The summed E-state index contributed by atoms with van der Waals surface area (Å²) in [7, 11) is 0. The number of anilines is 1. The van der Waals surface area contributed by atoms with Crippen LogP contribution in [0, 0.1) is 0 Å². The van der Waals surface area contributed by atoms with Gasteiger partial charge >= 0.3 is 6.18 Å². The van der Waals surface area contributed by atoms with Crippen molar-refractivity contribution in [3.05, 3.63) is 60.2 Å². The van der Waals surface area contributed by atoms with E-state index in [9.17, 15) is 13.2 Å². The second kappa shape index (κ2) is 6.40. The number of alkyl halides is 3. The van der Waals surface area contributed by atoms with Crippen molar-refractivity contribution in [1.82, 2.24) is 4.98 Å². The van der Waals surface area contributed by atoms with Crippen molar-refractivity contribution in [2.75, 3.05) is 5.73 Å². The van der Waals surface area contributed by atoms with Crippen LogP contribution >= 0.6 is 11.3 Å². The maximum Gasteiger partial charge on any atom is 0.416 e. The van der Waals surface area contributed by atoms with Gasteiger partial charge in [0.25, 0.3) is 0 Å². The molecule has 0 unspecified atom stereocenters. The molecule has 3 rings (SSSR count). The molecule has 0 atom stereocenters. The monoisotopic (exact) mass is 348 g/mol. The zero-order chi connectivity index (χ0) is 17.2. The Morgan fingerprint density at radius 2 is 1.58 bits per heavy atom. The molecule has 0 amide bonds. The molecular formula is C16H11F3N4S. The minimum atomic E-state index is -4.37. The van der Waals surface area contributed by atoms with Gasteiger partial charge in [-0.1, -0.05) is 41.7 Å². The van der Waals surface area contributed by atoms with Crippen LogP contribution in [0.3, 0.4) is 0 Å². The van der Waals surface area contributed by atoms with Crippen molar-refractivity contribution < 1.29 is 13.2 Å². The quantitative estimate of drug-likeness (QED) is 0.606. The van der Waals surface area contributed by atoms with Gasteiger partial charge in [-0.3, -0.25) is 0 Å². The standard InChI is InChI=1S/C16H11F3N4S/c17-16(18,19)11-6-8-12(9-7-11)22-23-14-13(21-15(20)24-14)10-4-2-1-3-5-10/h1-9H,(H2,20,21). The SMILES string of the molecule is Nc1nc(-c2ccccc2)c(N=Nc2ccc(C(F)(F)F)cc2)s1. The maximum absolute atomic E-state index is 12.5. The molecule has 122 valence electrons. The normalized spacial score (nSPS) is 12.0. The molecular weight excluding hydrogens is 337 g/mol. The first-order valence-electron chi connectivity index (χ1n) is 6.84. The second-order valence-electron chi connectivity index (χ2n) is 4.82. The lowest BCUT2D eigenvalue weighted by Gasteiger charge is -2.05. The Morgan fingerprint density at radius 3 is 2.21 bits per heavy atom. The van der Waals surface area contributed by atoms with E-state index < -0.39 is 11.7 Å². The molecule has 24 heavy (non-hydrogen) atoms. The van der Waals surface area contributed by atoms with Gasteiger partial charge in [0.1, 0.15) is 5.69 Å².